The minimum atomic E-state index is 0.132. The highest BCUT2D eigenvalue weighted by atomic mass is 32.1. The van der Waals surface area contributed by atoms with Gasteiger partial charge in [0.15, 0.2) is 10.8 Å². The summed E-state index contributed by atoms with van der Waals surface area (Å²) in [5.74, 6) is 1.68. The minimum absolute atomic E-state index is 0.132. The predicted molar refractivity (Wildman–Crippen MR) is 120 cm³/mol. The number of hydrogen-bond acceptors (Lipinski definition) is 8. The second kappa shape index (κ2) is 10.2. The highest BCUT2D eigenvalue weighted by Crippen LogP contribution is 2.40. The third-order valence-corrected chi connectivity index (χ3v) is 5.57. The minimum Gasteiger partial charge on any atom is -0.492 e. The van der Waals surface area contributed by atoms with Gasteiger partial charge in [-0.25, -0.2) is 14.6 Å². The van der Waals surface area contributed by atoms with Crippen LogP contribution in [0.2, 0.25) is 0 Å². The van der Waals surface area contributed by atoms with Gasteiger partial charge in [0, 0.05) is 36.0 Å². The number of fused-ring (bicyclic) bond motifs is 3. The Morgan fingerprint density at radius 3 is 2.93 bits per heavy atom. The van der Waals surface area contributed by atoms with Crippen molar-refractivity contribution in [2.45, 2.75) is 32.9 Å². The number of hydrogen-bond donors (Lipinski definition) is 3. The van der Waals surface area contributed by atoms with Crippen molar-refractivity contribution in [3.05, 3.63) is 35.0 Å². The van der Waals surface area contributed by atoms with E-state index in [2.05, 4.69) is 60.1 Å². The Morgan fingerprint density at radius 2 is 2.17 bits per heavy atom. The summed E-state index contributed by atoms with van der Waals surface area (Å²) in [5.41, 5.74) is 3.13. The smallest absolute Gasteiger partial charge is 0.187 e. The van der Waals surface area contributed by atoms with Crippen LogP contribution in [0.1, 0.15) is 30.3 Å². The molecule has 7 nitrogen and oxygen atoms in total. The van der Waals surface area contributed by atoms with Crippen molar-refractivity contribution < 1.29 is 9.84 Å². The van der Waals surface area contributed by atoms with E-state index in [1.165, 1.54) is 4.88 Å². The molecule has 0 amide bonds. The van der Waals surface area contributed by atoms with Gasteiger partial charge in [-0.2, -0.15) is 17.7 Å². The Bertz CT molecular complexity index is 939. The molecule has 2 aromatic heterocycles. The molecular weight excluding hydrogens is 406 g/mol. The third kappa shape index (κ3) is 4.80. The van der Waals surface area contributed by atoms with E-state index >= 15 is 0 Å². The summed E-state index contributed by atoms with van der Waals surface area (Å²) in [6.07, 6.45) is 4.11. The van der Waals surface area contributed by atoms with E-state index in [1.807, 2.05) is 4.68 Å². The van der Waals surface area contributed by atoms with E-state index in [9.17, 15) is 0 Å². The molecule has 9 heteroatoms. The van der Waals surface area contributed by atoms with Gasteiger partial charge in [0.2, 0.25) is 0 Å². The molecule has 1 aliphatic heterocycles. The summed E-state index contributed by atoms with van der Waals surface area (Å²) in [4.78, 5) is 10.6. The number of ether oxygens (including phenoxy) is 1. The quantitative estimate of drug-likeness (QED) is 0.409. The first-order valence-electron chi connectivity index (χ1n) is 9.59. The molecule has 0 atom stereocenters. The van der Waals surface area contributed by atoms with E-state index in [0.29, 0.717) is 19.7 Å². The Kier molecular flexibility index (Phi) is 7.65. The first-order valence-corrected chi connectivity index (χ1v) is 11.3. The summed E-state index contributed by atoms with van der Waals surface area (Å²) >= 11 is 5.20. The number of thiol groups is 1. The number of aliphatic hydroxyl groups excluding tert-OH is 1. The Morgan fingerprint density at radius 1 is 1.34 bits per heavy atom. The van der Waals surface area contributed by atoms with E-state index < -0.39 is 0 Å². The summed E-state index contributed by atoms with van der Waals surface area (Å²) < 4.78 is 7.89. The lowest BCUT2D eigenvalue weighted by Gasteiger charge is -2.10. The number of aromatic nitrogens is 4. The standard InChI is InChI=1S/C19H23N5O2S.CH4S/c1-12(2)24-18(21-11-22-24)19-23-17-14-4-3-13(10-20-6-7-25)9-15(14)26-8-5-16(17)27-19;1-2/h3-4,9,11-12,20,25H,5-8,10H2,1-2H3;2H,1H3. The van der Waals surface area contributed by atoms with Crippen LogP contribution in [0.25, 0.3) is 22.1 Å². The van der Waals surface area contributed by atoms with Crippen LogP contribution in [0.5, 0.6) is 5.75 Å². The van der Waals surface area contributed by atoms with Crippen LogP contribution in [0, 0.1) is 0 Å². The SMILES string of the molecule is CC(C)n1ncnc1-c1nc2c(s1)CCOc1cc(CNCCO)ccc1-2.CS. The van der Waals surface area contributed by atoms with Gasteiger partial charge in [-0.15, -0.1) is 11.3 Å². The van der Waals surface area contributed by atoms with Crippen molar-refractivity contribution in [3.63, 3.8) is 0 Å². The van der Waals surface area contributed by atoms with Crippen molar-refractivity contribution in [1.82, 2.24) is 25.1 Å². The first-order chi connectivity index (χ1) is 14.2. The Hall–Kier alpha value is -1.94. The fourth-order valence-electron chi connectivity index (χ4n) is 3.17. The summed E-state index contributed by atoms with van der Waals surface area (Å²) in [6.45, 7) is 6.22. The number of aliphatic hydroxyl groups is 1. The van der Waals surface area contributed by atoms with Crippen molar-refractivity contribution in [1.29, 1.82) is 0 Å². The van der Waals surface area contributed by atoms with Crippen LogP contribution in [0.3, 0.4) is 0 Å². The molecule has 3 heterocycles. The Balaban J connectivity index is 0.00000117. The molecule has 0 fully saturated rings. The maximum absolute atomic E-state index is 8.91. The zero-order chi connectivity index (χ0) is 20.8. The molecule has 0 saturated carbocycles. The average molecular weight is 434 g/mol. The number of rotatable bonds is 6. The van der Waals surface area contributed by atoms with Gasteiger partial charge in [0.25, 0.3) is 0 Å². The largest absolute Gasteiger partial charge is 0.492 e. The number of nitrogens with zero attached hydrogens (tertiary/aromatic N) is 4. The first kappa shape index (κ1) is 21.8. The van der Waals surface area contributed by atoms with E-state index in [-0.39, 0.29) is 12.6 Å². The topological polar surface area (TPSA) is 85.1 Å². The fraction of sp³-hybridized carbons (Fsp3) is 0.450. The molecule has 0 bridgehead atoms. The van der Waals surface area contributed by atoms with Crippen LogP contribution in [-0.4, -0.2) is 50.9 Å². The lowest BCUT2D eigenvalue weighted by atomic mass is 10.1. The van der Waals surface area contributed by atoms with Crippen molar-refractivity contribution in [2.24, 2.45) is 0 Å². The highest BCUT2D eigenvalue weighted by Gasteiger charge is 2.23. The second-order valence-corrected chi connectivity index (χ2v) is 7.83. The summed E-state index contributed by atoms with van der Waals surface area (Å²) in [6, 6.07) is 6.45. The molecule has 2 N–H and O–H groups in total. The van der Waals surface area contributed by atoms with E-state index in [4.69, 9.17) is 14.8 Å². The van der Waals surface area contributed by atoms with Gasteiger partial charge in [-0.1, -0.05) is 6.07 Å². The summed E-state index contributed by atoms with van der Waals surface area (Å²) in [5, 5.41) is 17.3. The third-order valence-electron chi connectivity index (χ3n) is 4.46. The van der Waals surface area contributed by atoms with Gasteiger partial charge < -0.3 is 15.2 Å². The molecular formula is C20H27N5O2S2. The van der Waals surface area contributed by atoms with Crippen molar-refractivity contribution in [3.8, 4) is 27.8 Å². The van der Waals surface area contributed by atoms with Gasteiger partial charge in [0.05, 0.1) is 18.9 Å². The van der Waals surface area contributed by atoms with Crippen LogP contribution in [0.4, 0.5) is 0 Å². The highest BCUT2D eigenvalue weighted by molar-refractivity contribution is 7.79. The van der Waals surface area contributed by atoms with E-state index in [0.717, 1.165) is 39.8 Å². The maximum Gasteiger partial charge on any atom is 0.187 e. The lowest BCUT2D eigenvalue weighted by Crippen LogP contribution is -2.17. The molecule has 156 valence electrons. The average Bonchev–Trinajstić information content (AvgIpc) is 3.34. The molecule has 1 aliphatic rings. The molecule has 3 aromatic rings. The number of nitrogens with one attached hydrogen (secondary N) is 1. The zero-order valence-electron chi connectivity index (χ0n) is 16.9. The van der Waals surface area contributed by atoms with Crippen LogP contribution < -0.4 is 10.1 Å². The van der Waals surface area contributed by atoms with Gasteiger partial charge in [-0.3, -0.25) is 0 Å². The van der Waals surface area contributed by atoms with Crippen molar-refractivity contribution in [2.75, 3.05) is 26.0 Å². The molecule has 0 radical (unpaired) electrons. The molecule has 0 spiro atoms. The molecule has 29 heavy (non-hydrogen) atoms. The molecule has 1 aromatic carbocycles. The zero-order valence-corrected chi connectivity index (χ0v) is 18.6. The van der Waals surface area contributed by atoms with Gasteiger partial charge in [-0.05, 0) is 37.8 Å². The van der Waals surface area contributed by atoms with Gasteiger partial charge >= 0.3 is 0 Å². The van der Waals surface area contributed by atoms with Crippen LogP contribution in [0.15, 0.2) is 24.5 Å². The number of benzene rings is 1. The molecule has 0 unspecified atom stereocenters. The van der Waals surface area contributed by atoms with Crippen molar-refractivity contribution >= 4 is 24.0 Å². The van der Waals surface area contributed by atoms with Crippen LogP contribution in [-0.2, 0) is 13.0 Å². The summed E-state index contributed by atoms with van der Waals surface area (Å²) in [7, 11) is 0. The molecule has 0 aliphatic carbocycles. The predicted octanol–water partition coefficient (Wildman–Crippen LogP) is 3.21. The normalized spacial score (nSPS) is 12.5. The van der Waals surface area contributed by atoms with Gasteiger partial charge in [0.1, 0.15) is 12.1 Å². The second-order valence-electron chi connectivity index (χ2n) is 6.74. The Labute approximate surface area is 180 Å². The molecule has 0 saturated heterocycles. The maximum atomic E-state index is 8.91. The van der Waals surface area contributed by atoms with E-state index in [1.54, 1.807) is 23.9 Å². The number of thiazole rings is 1. The lowest BCUT2D eigenvalue weighted by molar-refractivity contribution is 0.292. The van der Waals surface area contributed by atoms with Crippen LogP contribution >= 0.6 is 24.0 Å². The molecule has 4 rings (SSSR count). The fourth-order valence-corrected chi connectivity index (χ4v) is 4.21. The monoisotopic (exact) mass is 433 g/mol.